The van der Waals surface area contributed by atoms with Gasteiger partial charge >= 0.3 is 0 Å². The Balaban J connectivity index is 1.55. The van der Waals surface area contributed by atoms with E-state index in [0.717, 1.165) is 18.7 Å². The summed E-state index contributed by atoms with van der Waals surface area (Å²) < 4.78 is 5.46. The van der Waals surface area contributed by atoms with Gasteiger partial charge < -0.3 is 15.0 Å². The smallest absolute Gasteiger partial charge is 0.223 e. The summed E-state index contributed by atoms with van der Waals surface area (Å²) in [5, 5.41) is 3.48. The third kappa shape index (κ3) is 5.87. The second-order valence-corrected chi connectivity index (χ2v) is 4.98. The number of ether oxygens (including phenoxy) is 1. The van der Waals surface area contributed by atoms with Crippen LogP contribution in [0.4, 0.5) is 0 Å². The molecule has 2 rings (SSSR count). The molecular formula is C15H18ClN3O2. The summed E-state index contributed by atoms with van der Waals surface area (Å²) in [6.45, 7) is 0.973. The highest BCUT2D eigenvalue weighted by Crippen LogP contribution is 2.17. The summed E-state index contributed by atoms with van der Waals surface area (Å²) in [4.78, 5) is 18.8. The summed E-state index contributed by atoms with van der Waals surface area (Å²) in [5.74, 6) is 1.60. The van der Waals surface area contributed by atoms with E-state index in [0.29, 0.717) is 30.3 Å². The van der Waals surface area contributed by atoms with Gasteiger partial charge in [0, 0.05) is 30.4 Å². The highest BCUT2D eigenvalue weighted by molar-refractivity contribution is 6.30. The molecule has 0 bridgehead atoms. The van der Waals surface area contributed by atoms with Gasteiger partial charge in [0.25, 0.3) is 0 Å². The second-order valence-electron chi connectivity index (χ2n) is 4.55. The van der Waals surface area contributed by atoms with Crippen LogP contribution in [0.25, 0.3) is 0 Å². The van der Waals surface area contributed by atoms with Crippen molar-refractivity contribution in [1.29, 1.82) is 0 Å². The molecule has 2 aromatic rings. The number of benzene rings is 1. The predicted octanol–water partition coefficient (Wildman–Crippen LogP) is 2.58. The molecule has 112 valence electrons. The number of nitrogens with zero attached hydrogens (tertiary/aromatic N) is 1. The zero-order valence-electron chi connectivity index (χ0n) is 11.6. The molecule has 0 aliphatic carbocycles. The summed E-state index contributed by atoms with van der Waals surface area (Å²) in [7, 11) is 0. The van der Waals surface area contributed by atoms with Crippen molar-refractivity contribution in [2.45, 2.75) is 19.3 Å². The Labute approximate surface area is 128 Å². The molecule has 1 amide bonds. The van der Waals surface area contributed by atoms with E-state index in [-0.39, 0.29) is 5.91 Å². The first-order valence-electron chi connectivity index (χ1n) is 6.87. The molecule has 5 nitrogen and oxygen atoms in total. The summed E-state index contributed by atoms with van der Waals surface area (Å²) in [5.41, 5.74) is 0. The number of aryl methyl sites for hydroxylation is 1. The Morgan fingerprint density at radius 3 is 3.10 bits per heavy atom. The van der Waals surface area contributed by atoms with Crippen molar-refractivity contribution in [3.8, 4) is 5.75 Å². The van der Waals surface area contributed by atoms with E-state index in [2.05, 4.69) is 15.3 Å². The lowest BCUT2D eigenvalue weighted by Gasteiger charge is -2.07. The number of nitrogens with one attached hydrogen (secondary N) is 2. The SMILES string of the molecule is O=C(CCOc1cccc(Cl)c1)NCCCc1ncc[nH]1. The molecular weight excluding hydrogens is 290 g/mol. The van der Waals surface area contributed by atoms with Crippen LogP contribution in [0.1, 0.15) is 18.7 Å². The fourth-order valence-corrected chi connectivity index (χ4v) is 2.01. The van der Waals surface area contributed by atoms with E-state index in [1.54, 1.807) is 24.5 Å². The zero-order chi connectivity index (χ0) is 14.9. The molecule has 1 aromatic carbocycles. The van der Waals surface area contributed by atoms with Gasteiger partial charge in [0.15, 0.2) is 0 Å². The standard InChI is InChI=1S/C15H18ClN3O2/c16-12-3-1-4-13(11-12)21-10-6-15(20)19-7-2-5-14-17-8-9-18-14/h1,3-4,8-9,11H,2,5-7,10H2,(H,17,18)(H,19,20). The summed E-state index contributed by atoms with van der Waals surface area (Å²) >= 11 is 5.85. The Bertz CT molecular complexity index is 558. The van der Waals surface area contributed by atoms with Gasteiger partial charge in [-0.15, -0.1) is 0 Å². The number of hydrogen-bond acceptors (Lipinski definition) is 3. The van der Waals surface area contributed by atoms with E-state index >= 15 is 0 Å². The van der Waals surface area contributed by atoms with Crippen LogP contribution in [0.3, 0.4) is 0 Å². The average Bonchev–Trinajstić information content (AvgIpc) is 2.97. The molecule has 0 atom stereocenters. The molecule has 0 saturated carbocycles. The third-order valence-corrected chi connectivity index (χ3v) is 3.10. The Kier molecular flexibility index (Phi) is 6.09. The molecule has 0 fully saturated rings. The zero-order valence-corrected chi connectivity index (χ0v) is 12.4. The number of carbonyl (C=O) groups is 1. The van der Waals surface area contributed by atoms with Crippen LogP contribution in [0.2, 0.25) is 5.02 Å². The number of aromatic amines is 1. The maximum absolute atomic E-state index is 11.6. The lowest BCUT2D eigenvalue weighted by atomic mass is 10.3. The van der Waals surface area contributed by atoms with Crippen LogP contribution >= 0.6 is 11.6 Å². The molecule has 1 heterocycles. The topological polar surface area (TPSA) is 67.0 Å². The fourth-order valence-electron chi connectivity index (χ4n) is 1.83. The normalized spacial score (nSPS) is 10.3. The molecule has 6 heteroatoms. The van der Waals surface area contributed by atoms with Crippen molar-refractivity contribution in [3.05, 3.63) is 47.5 Å². The minimum absolute atomic E-state index is 0.0172. The monoisotopic (exact) mass is 307 g/mol. The van der Waals surface area contributed by atoms with E-state index in [9.17, 15) is 4.79 Å². The van der Waals surface area contributed by atoms with Gasteiger partial charge in [-0.25, -0.2) is 4.98 Å². The summed E-state index contributed by atoms with van der Waals surface area (Å²) in [6, 6.07) is 7.13. The molecule has 21 heavy (non-hydrogen) atoms. The van der Waals surface area contributed by atoms with Gasteiger partial charge in [-0.05, 0) is 24.6 Å². The maximum Gasteiger partial charge on any atom is 0.223 e. The van der Waals surface area contributed by atoms with Crippen LogP contribution in [-0.4, -0.2) is 29.0 Å². The largest absolute Gasteiger partial charge is 0.493 e. The van der Waals surface area contributed by atoms with E-state index < -0.39 is 0 Å². The molecule has 0 saturated heterocycles. The van der Waals surface area contributed by atoms with Gasteiger partial charge in [-0.3, -0.25) is 4.79 Å². The predicted molar refractivity (Wildman–Crippen MR) is 81.5 cm³/mol. The lowest BCUT2D eigenvalue weighted by molar-refractivity contribution is -0.121. The molecule has 0 spiro atoms. The quantitative estimate of drug-likeness (QED) is 0.737. The highest BCUT2D eigenvalue weighted by atomic mass is 35.5. The minimum atomic E-state index is -0.0172. The number of carbonyl (C=O) groups excluding carboxylic acids is 1. The van der Waals surface area contributed by atoms with Crippen LogP contribution < -0.4 is 10.1 Å². The number of amides is 1. The number of aromatic nitrogens is 2. The average molecular weight is 308 g/mol. The molecule has 2 N–H and O–H groups in total. The van der Waals surface area contributed by atoms with Crippen molar-refractivity contribution < 1.29 is 9.53 Å². The van der Waals surface area contributed by atoms with Crippen LogP contribution in [0, 0.1) is 0 Å². The number of H-pyrrole nitrogens is 1. The first-order chi connectivity index (χ1) is 10.2. The Morgan fingerprint density at radius 1 is 1.43 bits per heavy atom. The number of rotatable bonds is 8. The van der Waals surface area contributed by atoms with Gasteiger partial charge in [0.2, 0.25) is 5.91 Å². The molecule has 0 radical (unpaired) electrons. The number of hydrogen-bond donors (Lipinski definition) is 2. The molecule has 0 aliphatic heterocycles. The van der Waals surface area contributed by atoms with Crippen LogP contribution in [-0.2, 0) is 11.2 Å². The first kappa shape index (κ1) is 15.4. The van der Waals surface area contributed by atoms with Gasteiger partial charge in [-0.1, -0.05) is 17.7 Å². The van der Waals surface area contributed by atoms with Gasteiger partial charge in [0.1, 0.15) is 11.6 Å². The second kappa shape index (κ2) is 8.32. The van der Waals surface area contributed by atoms with Crippen molar-refractivity contribution >= 4 is 17.5 Å². The van der Waals surface area contributed by atoms with Crippen molar-refractivity contribution in [1.82, 2.24) is 15.3 Å². The van der Waals surface area contributed by atoms with Crippen molar-refractivity contribution in [2.75, 3.05) is 13.2 Å². The first-order valence-corrected chi connectivity index (χ1v) is 7.25. The van der Waals surface area contributed by atoms with Crippen LogP contribution in [0.15, 0.2) is 36.7 Å². The third-order valence-electron chi connectivity index (χ3n) is 2.86. The molecule has 1 aromatic heterocycles. The number of halogens is 1. The van der Waals surface area contributed by atoms with E-state index in [4.69, 9.17) is 16.3 Å². The minimum Gasteiger partial charge on any atom is -0.493 e. The summed E-state index contributed by atoms with van der Waals surface area (Å²) in [6.07, 6.45) is 5.52. The van der Waals surface area contributed by atoms with Crippen molar-refractivity contribution in [2.24, 2.45) is 0 Å². The lowest BCUT2D eigenvalue weighted by Crippen LogP contribution is -2.26. The molecule has 0 unspecified atom stereocenters. The Morgan fingerprint density at radius 2 is 2.33 bits per heavy atom. The highest BCUT2D eigenvalue weighted by Gasteiger charge is 2.02. The van der Waals surface area contributed by atoms with Gasteiger partial charge in [-0.2, -0.15) is 0 Å². The number of imidazole rings is 1. The van der Waals surface area contributed by atoms with Crippen LogP contribution in [0.5, 0.6) is 5.75 Å². The fraction of sp³-hybridized carbons (Fsp3) is 0.333. The van der Waals surface area contributed by atoms with E-state index in [1.807, 2.05) is 12.1 Å². The Hall–Kier alpha value is -2.01. The van der Waals surface area contributed by atoms with Gasteiger partial charge in [0.05, 0.1) is 13.0 Å². The maximum atomic E-state index is 11.6. The van der Waals surface area contributed by atoms with E-state index in [1.165, 1.54) is 0 Å². The molecule has 0 aliphatic rings. The van der Waals surface area contributed by atoms with Crippen molar-refractivity contribution in [3.63, 3.8) is 0 Å².